The van der Waals surface area contributed by atoms with Crippen LogP contribution in [0.5, 0.6) is 5.75 Å². The van der Waals surface area contributed by atoms with Crippen molar-refractivity contribution in [3.05, 3.63) is 23.8 Å². The molecule has 0 bridgehead atoms. The molecule has 0 radical (unpaired) electrons. The van der Waals surface area contributed by atoms with Gasteiger partial charge in [-0.15, -0.1) is 0 Å². The van der Waals surface area contributed by atoms with Crippen LogP contribution in [0.1, 0.15) is 12.0 Å². The number of anilines is 1. The smallest absolute Gasteiger partial charge is 0.326 e. The summed E-state index contributed by atoms with van der Waals surface area (Å²) in [5.74, 6) is -0.932. The van der Waals surface area contributed by atoms with Gasteiger partial charge in [0.2, 0.25) is 10.0 Å². The Kier molecular flexibility index (Phi) is 4.82. The van der Waals surface area contributed by atoms with Crippen LogP contribution in [0.4, 0.5) is 5.69 Å². The van der Waals surface area contributed by atoms with Gasteiger partial charge in [-0.1, -0.05) is 6.07 Å². The van der Waals surface area contributed by atoms with Gasteiger partial charge >= 0.3 is 10.2 Å². The number of nitrogens with zero attached hydrogens (tertiary/aromatic N) is 1. The van der Waals surface area contributed by atoms with E-state index in [9.17, 15) is 26.7 Å². The van der Waals surface area contributed by atoms with Crippen molar-refractivity contribution in [1.82, 2.24) is 9.44 Å². The summed E-state index contributed by atoms with van der Waals surface area (Å²) < 4.78 is 50.3. The van der Waals surface area contributed by atoms with Crippen molar-refractivity contribution in [3.63, 3.8) is 0 Å². The highest BCUT2D eigenvalue weighted by Crippen LogP contribution is 2.31. The molecule has 3 N–H and O–H groups in total. The lowest BCUT2D eigenvalue weighted by molar-refractivity contribution is -0.117. The minimum atomic E-state index is -3.96. The fourth-order valence-electron chi connectivity index (χ4n) is 2.15. The van der Waals surface area contributed by atoms with Crippen molar-refractivity contribution < 1.29 is 26.7 Å². The third-order valence-corrected chi connectivity index (χ3v) is 5.26. The highest BCUT2D eigenvalue weighted by Gasteiger charge is 2.35. The predicted molar refractivity (Wildman–Crippen MR) is 83.7 cm³/mol. The van der Waals surface area contributed by atoms with Gasteiger partial charge in [-0.05, 0) is 30.5 Å². The molecular formula is C12H17N3O6S2. The van der Waals surface area contributed by atoms with Crippen molar-refractivity contribution in [3.8, 4) is 5.75 Å². The first-order valence-corrected chi connectivity index (χ1v) is 10.0. The number of phenolic OH excluding ortho intramolecular Hbond substituents is 1. The van der Waals surface area contributed by atoms with Gasteiger partial charge in [0.1, 0.15) is 12.3 Å². The van der Waals surface area contributed by atoms with E-state index in [-0.39, 0.29) is 24.5 Å². The number of hydrogen-bond acceptors (Lipinski definition) is 6. The van der Waals surface area contributed by atoms with E-state index in [4.69, 9.17) is 0 Å². The molecule has 1 heterocycles. The highest BCUT2D eigenvalue weighted by molar-refractivity contribution is 7.92. The molecule has 1 aliphatic heterocycles. The largest absolute Gasteiger partial charge is 0.506 e. The van der Waals surface area contributed by atoms with Gasteiger partial charge in [-0.2, -0.15) is 8.42 Å². The molecule has 1 aliphatic rings. The summed E-state index contributed by atoms with van der Waals surface area (Å²) in [5, 5.41) is 10.00. The molecule has 1 amide bonds. The summed E-state index contributed by atoms with van der Waals surface area (Å²) >= 11 is 0. The Bertz CT molecular complexity index is 819. The molecule has 9 nitrogen and oxygen atoms in total. The van der Waals surface area contributed by atoms with E-state index in [0.717, 1.165) is 16.1 Å². The molecule has 0 aliphatic carbocycles. The first-order chi connectivity index (χ1) is 10.6. The number of carbonyl (C=O) groups excluding carboxylic acids is 1. The van der Waals surface area contributed by atoms with Crippen LogP contribution in [0.25, 0.3) is 0 Å². The summed E-state index contributed by atoms with van der Waals surface area (Å²) in [4.78, 5) is 11.2. The maximum Gasteiger partial charge on any atom is 0.326 e. The predicted octanol–water partition coefficient (Wildman–Crippen LogP) is -0.945. The zero-order valence-electron chi connectivity index (χ0n) is 12.3. The van der Waals surface area contributed by atoms with Gasteiger partial charge in [0, 0.05) is 6.54 Å². The molecule has 0 saturated carbocycles. The molecule has 2 rings (SSSR count). The Morgan fingerprint density at radius 2 is 2.09 bits per heavy atom. The molecule has 0 atom stereocenters. The average Bonchev–Trinajstić information content (AvgIpc) is 2.67. The zero-order chi connectivity index (χ0) is 17.3. The molecule has 0 aromatic heterocycles. The molecule has 1 aromatic carbocycles. The van der Waals surface area contributed by atoms with Crippen molar-refractivity contribution >= 4 is 31.8 Å². The standard InChI is InChI=1S/C12H17N3O6S2/c1-22(18,19)13-6-2-3-9-4-5-10(11(16)7-9)15-8-12(17)14-23(15,20)21/h4-5,7,13,16H,2-3,6,8H2,1H3,(H,14,17). The van der Waals surface area contributed by atoms with Gasteiger partial charge in [-0.3, -0.25) is 4.79 Å². The van der Waals surface area contributed by atoms with Gasteiger partial charge in [0.25, 0.3) is 5.91 Å². The van der Waals surface area contributed by atoms with Crippen LogP contribution in [0, 0.1) is 0 Å². The molecular weight excluding hydrogens is 346 g/mol. The Balaban J connectivity index is 2.05. The molecule has 23 heavy (non-hydrogen) atoms. The normalized spacial score (nSPS) is 17.3. The van der Waals surface area contributed by atoms with E-state index in [2.05, 4.69) is 4.72 Å². The quantitative estimate of drug-likeness (QED) is 0.559. The van der Waals surface area contributed by atoms with Crippen molar-refractivity contribution in [2.24, 2.45) is 0 Å². The van der Waals surface area contributed by atoms with Crippen molar-refractivity contribution in [2.45, 2.75) is 12.8 Å². The lowest BCUT2D eigenvalue weighted by Gasteiger charge is -2.16. The lowest BCUT2D eigenvalue weighted by atomic mass is 10.1. The van der Waals surface area contributed by atoms with E-state index in [1.54, 1.807) is 6.07 Å². The third-order valence-electron chi connectivity index (χ3n) is 3.14. The van der Waals surface area contributed by atoms with E-state index >= 15 is 0 Å². The molecule has 128 valence electrons. The van der Waals surface area contributed by atoms with Gasteiger partial charge < -0.3 is 5.11 Å². The molecule has 1 saturated heterocycles. The third kappa shape index (κ3) is 4.56. The first-order valence-electron chi connectivity index (χ1n) is 6.68. The SMILES string of the molecule is CS(=O)(=O)NCCCc1ccc(N2CC(=O)NS2(=O)=O)c(O)c1. The maximum absolute atomic E-state index is 11.7. The number of hydrogen-bond donors (Lipinski definition) is 3. The number of phenols is 1. The number of aromatic hydroxyl groups is 1. The second-order valence-corrected chi connectivity index (χ2v) is 8.56. The second-order valence-electron chi connectivity index (χ2n) is 5.13. The number of sulfonamides is 1. The molecule has 0 unspecified atom stereocenters. The maximum atomic E-state index is 11.7. The summed E-state index contributed by atoms with van der Waals surface area (Å²) in [6, 6.07) is 4.42. The Morgan fingerprint density at radius 3 is 2.61 bits per heavy atom. The number of benzene rings is 1. The number of nitrogens with one attached hydrogen (secondary N) is 2. The lowest BCUT2D eigenvalue weighted by Crippen LogP contribution is -2.29. The van der Waals surface area contributed by atoms with Gasteiger partial charge in [0.15, 0.2) is 0 Å². The first kappa shape index (κ1) is 17.5. The topological polar surface area (TPSA) is 133 Å². The summed E-state index contributed by atoms with van der Waals surface area (Å²) in [6.45, 7) is -0.117. The number of rotatable bonds is 6. The van der Waals surface area contributed by atoms with Crippen LogP contribution in [0.3, 0.4) is 0 Å². The van der Waals surface area contributed by atoms with Crippen LogP contribution in [-0.2, 0) is 31.4 Å². The van der Waals surface area contributed by atoms with Crippen LogP contribution in [-0.4, -0.2) is 47.2 Å². The zero-order valence-corrected chi connectivity index (χ0v) is 13.9. The fourth-order valence-corrected chi connectivity index (χ4v) is 3.82. The number of carbonyl (C=O) groups is 1. The minimum Gasteiger partial charge on any atom is -0.506 e. The molecule has 1 fully saturated rings. The summed E-state index contributed by atoms with van der Waals surface area (Å²) in [7, 11) is -7.20. The van der Waals surface area contributed by atoms with E-state index in [1.165, 1.54) is 12.1 Å². The van der Waals surface area contributed by atoms with Crippen molar-refractivity contribution in [2.75, 3.05) is 23.7 Å². The average molecular weight is 363 g/mol. The van der Waals surface area contributed by atoms with Crippen LogP contribution in [0.2, 0.25) is 0 Å². The fraction of sp³-hybridized carbons (Fsp3) is 0.417. The minimum absolute atomic E-state index is 0.0151. The monoisotopic (exact) mass is 363 g/mol. The van der Waals surface area contributed by atoms with Crippen LogP contribution < -0.4 is 13.7 Å². The Labute approximate surface area is 134 Å². The number of amides is 1. The van der Waals surface area contributed by atoms with Gasteiger partial charge in [0.05, 0.1) is 11.9 Å². The molecule has 1 aromatic rings. The van der Waals surface area contributed by atoms with Crippen LogP contribution in [0.15, 0.2) is 18.2 Å². The highest BCUT2D eigenvalue weighted by atomic mass is 32.2. The Morgan fingerprint density at radius 1 is 1.39 bits per heavy atom. The van der Waals surface area contributed by atoms with E-state index < -0.39 is 26.1 Å². The van der Waals surface area contributed by atoms with Crippen LogP contribution >= 0.6 is 0 Å². The van der Waals surface area contributed by atoms with Crippen molar-refractivity contribution in [1.29, 1.82) is 0 Å². The Hall–Kier alpha value is -1.85. The van der Waals surface area contributed by atoms with E-state index in [0.29, 0.717) is 12.8 Å². The summed E-state index contributed by atoms with van der Waals surface area (Å²) in [5.41, 5.74) is 0.735. The second kappa shape index (κ2) is 6.34. The number of aryl methyl sites for hydroxylation is 1. The molecule has 0 spiro atoms. The molecule has 11 heteroatoms. The van der Waals surface area contributed by atoms with E-state index in [1.807, 2.05) is 4.72 Å². The summed E-state index contributed by atoms with van der Waals surface area (Å²) in [6.07, 6.45) is 2.09. The van der Waals surface area contributed by atoms with Gasteiger partial charge in [-0.25, -0.2) is 22.2 Å².